The van der Waals surface area contributed by atoms with Crippen LogP contribution >= 0.6 is 0 Å². The van der Waals surface area contributed by atoms with E-state index in [2.05, 4.69) is 47.6 Å². The summed E-state index contributed by atoms with van der Waals surface area (Å²) in [6.45, 7) is 16.7. The standard InChI is InChI=1S/C21H32O2/c1-14(13-20(4,5)6)11-12-21(7,8)17-9-10-18(22)15(2)16(3)19(17)23/h9-11,23H,12-13H2,1-8H3. The monoisotopic (exact) mass is 316 g/mol. The van der Waals surface area contributed by atoms with Crippen LogP contribution in [-0.2, 0) is 5.41 Å². The molecule has 0 aliphatic heterocycles. The van der Waals surface area contributed by atoms with Crippen molar-refractivity contribution < 1.29 is 5.11 Å². The van der Waals surface area contributed by atoms with Gasteiger partial charge in [0.25, 0.3) is 0 Å². The van der Waals surface area contributed by atoms with Gasteiger partial charge in [-0.1, -0.05) is 52.3 Å². The normalized spacial score (nSPS) is 13.3. The van der Waals surface area contributed by atoms with E-state index in [9.17, 15) is 9.90 Å². The van der Waals surface area contributed by atoms with E-state index in [1.165, 1.54) is 5.57 Å². The fourth-order valence-electron chi connectivity index (χ4n) is 2.92. The summed E-state index contributed by atoms with van der Waals surface area (Å²) in [5, 5.41) is 10.6. The molecule has 0 aliphatic rings. The first kappa shape index (κ1) is 19.5. The van der Waals surface area contributed by atoms with Crippen molar-refractivity contribution in [1.82, 2.24) is 0 Å². The van der Waals surface area contributed by atoms with E-state index in [0.29, 0.717) is 11.1 Å². The Bertz CT molecular complexity index is 659. The van der Waals surface area contributed by atoms with Crippen LogP contribution in [0.1, 0.15) is 71.1 Å². The van der Waals surface area contributed by atoms with Crippen molar-refractivity contribution in [2.75, 3.05) is 0 Å². The van der Waals surface area contributed by atoms with Gasteiger partial charge in [0, 0.05) is 11.1 Å². The zero-order valence-electron chi connectivity index (χ0n) is 16.0. The van der Waals surface area contributed by atoms with Gasteiger partial charge in [-0.15, -0.1) is 0 Å². The molecule has 23 heavy (non-hydrogen) atoms. The first-order valence-electron chi connectivity index (χ1n) is 8.35. The van der Waals surface area contributed by atoms with Gasteiger partial charge in [0.1, 0.15) is 5.75 Å². The Hall–Kier alpha value is -1.57. The molecule has 1 aromatic carbocycles. The second-order valence-electron chi connectivity index (χ2n) is 8.59. The Morgan fingerprint density at radius 3 is 2.17 bits per heavy atom. The molecule has 0 aromatic heterocycles. The van der Waals surface area contributed by atoms with Gasteiger partial charge in [-0.3, -0.25) is 4.79 Å². The smallest absolute Gasteiger partial charge is 0.181 e. The van der Waals surface area contributed by atoms with Crippen molar-refractivity contribution in [3.63, 3.8) is 0 Å². The Labute approximate surface area is 141 Å². The van der Waals surface area contributed by atoms with Gasteiger partial charge in [-0.25, -0.2) is 0 Å². The summed E-state index contributed by atoms with van der Waals surface area (Å²) in [4.78, 5) is 12.0. The van der Waals surface area contributed by atoms with Gasteiger partial charge in [-0.05, 0) is 56.1 Å². The van der Waals surface area contributed by atoms with Gasteiger partial charge in [0.05, 0.1) is 0 Å². The lowest BCUT2D eigenvalue weighted by Crippen LogP contribution is -2.16. The van der Waals surface area contributed by atoms with Gasteiger partial charge in [-0.2, -0.15) is 0 Å². The molecule has 0 unspecified atom stereocenters. The van der Waals surface area contributed by atoms with Crippen LogP contribution in [0.3, 0.4) is 0 Å². The minimum absolute atomic E-state index is 0.0284. The molecule has 0 atom stereocenters. The van der Waals surface area contributed by atoms with E-state index in [1.54, 1.807) is 19.1 Å². The maximum Gasteiger partial charge on any atom is 0.181 e. The quantitative estimate of drug-likeness (QED) is 0.753. The lowest BCUT2D eigenvalue weighted by molar-refractivity contribution is 0.406. The van der Waals surface area contributed by atoms with Crippen LogP contribution in [0.25, 0.3) is 0 Å². The van der Waals surface area contributed by atoms with Crippen LogP contribution in [0.4, 0.5) is 0 Å². The highest BCUT2D eigenvalue weighted by Gasteiger charge is 2.24. The molecule has 0 bridgehead atoms. The third-order valence-electron chi connectivity index (χ3n) is 4.44. The summed E-state index contributed by atoms with van der Waals surface area (Å²) in [6, 6.07) is 3.36. The Morgan fingerprint density at radius 1 is 1.09 bits per heavy atom. The fourth-order valence-corrected chi connectivity index (χ4v) is 2.92. The summed E-state index contributed by atoms with van der Waals surface area (Å²) in [6.07, 6.45) is 4.15. The minimum atomic E-state index is -0.230. The molecule has 2 heteroatoms. The molecule has 1 aromatic rings. The molecule has 128 valence electrons. The molecule has 2 nitrogen and oxygen atoms in total. The topological polar surface area (TPSA) is 37.3 Å². The number of aromatic hydroxyl groups is 1. The van der Waals surface area contributed by atoms with Crippen LogP contribution in [0.2, 0.25) is 0 Å². The SMILES string of the molecule is CC(=CCC(C)(C)c1ccc(=O)c(C)c(C)c1O)CC(C)(C)C. The average molecular weight is 316 g/mol. The summed E-state index contributed by atoms with van der Waals surface area (Å²) in [5.74, 6) is 0.247. The number of rotatable bonds is 4. The molecule has 0 amide bonds. The molecule has 0 saturated carbocycles. The maximum atomic E-state index is 12.0. The highest BCUT2D eigenvalue weighted by molar-refractivity contribution is 5.46. The van der Waals surface area contributed by atoms with Crippen LogP contribution in [0.15, 0.2) is 28.6 Å². The van der Waals surface area contributed by atoms with Crippen molar-refractivity contribution in [1.29, 1.82) is 0 Å². The maximum absolute atomic E-state index is 12.0. The van der Waals surface area contributed by atoms with Gasteiger partial charge in [0.2, 0.25) is 0 Å². The first-order valence-corrected chi connectivity index (χ1v) is 8.35. The van der Waals surface area contributed by atoms with Crippen molar-refractivity contribution in [2.24, 2.45) is 5.41 Å². The second kappa shape index (κ2) is 6.90. The molecule has 0 fully saturated rings. The van der Waals surface area contributed by atoms with E-state index >= 15 is 0 Å². The van der Waals surface area contributed by atoms with Crippen LogP contribution in [-0.4, -0.2) is 5.11 Å². The largest absolute Gasteiger partial charge is 0.507 e. The van der Waals surface area contributed by atoms with Crippen LogP contribution in [0, 0.1) is 19.3 Å². The van der Waals surface area contributed by atoms with Crippen molar-refractivity contribution >= 4 is 0 Å². The second-order valence-corrected chi connectivity index (χ2v) is 8.59. The lowest BCUT2D eigenvalue weighted by Gasteiger charge is -2.25. The number of hydrogen-bond donors (Lipinski definition) is 1. The molecule has 0 heterocycles. The van der Waals surface area contributed by atoms with Gasteiger partial charge >= 0.3 is 0 Å². The molecule has 1 N–H and O–H groups in total. The third kappa shape index (κ3) is 5.23. The zero-order chi connectivity index (χ0) is 18.0. The molecular weight excluding hydrogens is 284 g/mol. The Kier molecular flexibility index (Phi) is 5.84. The summed E-state index contributed by atoms with van der Waals surface area (Å²) < 4.78 is 0. The summed E-state index contributed by atoms with van der Waals surface area (Å²) in [5.41, 5.74) is 3.51. The average Bonchev–Trinajstić information content (AvgIpc) is 2.49. The van der Waals surface area contributed by atoms with E-state index in [0.717, 1.165) is 18.4 Å². The van der Waals surface area contributed by atoms with E-state index in [4.69, 9.17) is 0 Å². The molecule has 0 radical (unpaired) electrons. The number of hydrogen-bond acceptors (Lipinski definition) is 2. The Balaban J connectivity index is 3.20. The lowest BCUT2D eigenvalue weighted by atomic mass is 9.79. The first-order chi connectivity index (χ1) is 10.3. The van der Waals surface area contributed by atoms with Crippen molar-refractivity contribution in [2.45, 2.75) is 73.6 Å². The zero-order valence-corrected chi connectivity index (χ0v) is 16.0. The third-order valence-corrected chi connectivity index (χ3v) is 4.44. The van der Waals surface area contributed by atoms with E-state index in [-0.39, 0.29) is 22.0 Å². The molecule has 0 spiro atoms. The predicted octanol–water partition coefficient (Wildman–Crippen LogP) is 5.42. The fraction of sp³-hybridized carbons (Fsp3) is 0.571. The summed E-state index contributed by atoms with van der Waals surface area (Å²) >= 11 is 0. The molecule has 1 rings (SSSR count). The van der Waals surface area contributed by atoms with Crippen LogP contribution in [0.5, 0.6) is 5.75 Å². The van der Waals surface area contributed by atoms with Crippen molar-refractivity contribution in [3.8, 4) is 5.75 Å². The summed E-state index contributed by atoms with van der Waals surface area (Å²) in [7, 11) is 0. The van der Waals surface area contributed by atoms with Gasteiger partial charge < -0.3 is 5.11 Å². The molecule has 0 saturated heterocycles. The predicted molar refractivity (Wildman–Crippen MR) is 99.3 cm³/mol. The Morgan fingerprint density at radius 2 is 1.65 bits per heavy atom. The van der Waals surface area contributed by atoms with E-state index in [1.807, 2.05) is 6.92 Å². The van der Waals surface area contributed by atoms with E-state index < -0.39 is 0 Å². The minimum Gasteiger partial charge on any atom is -0.507 e. The van der Waals surface area contributed by atoms with Crippen molar-refractivity contribution in [3.05, 3.63) is 50.7 Å². The highest BCUT2D eigenvalue weighted by Crippen LogP contribution is 2.36. The highest BCUT2D eigenvalue weighted by atomic mass is 16.3. The van der Waals surface area contributed by atoms with Crippen LogP contribution < -0.4 is 5.43 Å². The van der Waals surface area contributed by atoms with Gasteiger partial charge in [0.15, 0.2) is 5.43 Å². The number of allylic oxidation sites excluding steroid dienone is 2. The molecule has 0 aliphatic carbocycles. The molecular formula is C21H32O2.